The number of aliphatic hydroxyl groups excluding tert-OH is 1. The molecule has 0 aromatic carbocycles. The van der Waals surface area contributed by atoms with Gasteiger partial charge < -0.3 is 14.6 Å². The highest BCUT2D eigenvalue weighted by molar-refractivity contribution is 6.00. The zero-order chi connectivity index (χ0) is 26.5. The molecule has 7 nitrogen and oxygen atoms in total. The molecule has 4 heterocycles. The Hall–Kier alpha value is -1.57. The minimum Gasteiger partial charge on any atom is -0.440 e. The Morgan fingerprint density at radius 3 is 2.57 bits per heavy atom. The van der Waals surface area contributed by atoms with Crippen molar-refractivity contribution in [2.75, 3.05) is 6.54 Å². The summed E-state index contributed by atoms with van der Waals surface area (Å²) in [7, 11) is 0. The fourth-order valence-electron chi connectivity index (χ4n) is 11.3. The summed E-state index contributed by atoms with van der Waals surface area (Å²) in [4.78, 5) is 43.6. The molecule has 7 rings (SSSR count). The van der Waals surface area contributed by atoms with Gasteiger partial charge in [0.1, 0.15) is 17.6 Å². The van der Waals surface area contributed by atoms with Crippen LogP contribution in [0.4, 0.5) is 0 Å². The molecule has 1 spiro atoms. The third-order valence-electron chi connectivity index (χ3n) is 12.8. The second-order valence-corrected chi connectivity index (χ2v) is 14.6. The predicted molar refractivity (Wildman–Crippen MR) is 134 cm³/mol. The molecular formula is C30H41NO6. The first kappa shape index (κ1) is 24.5. The number of hydrogen-bond donors (Lipinski definition) is 1. The molecule has 4 saturated heterocycles. The first-order valence-electron chi connectivity index (χ1n) is 14.4. The molecule has 4 bridgehead atoms. The number of piperidine rings is 1. The van der Waals surface area contributed by atoms with Crippen molar-refractivity contribution in [2.45, 2.75) is 104 Å². The van der Waals surface area contributed by atoms with Crippen LogP contribution in [0, 0.1) is 45.8 Å². The van der Waals surface area contributed by atoms with Gasteiger partial charge in [-0.1, -0.05) is 40.2 Å². The van der Waals surface area contributed by atoms with Crippen LogP contribution in [0.1, 0.15) is 80.1 Å². The lowest BCUT2D eigenvalue weighted by Gasteiger charge is -2.78. The van der Waals surface area contributed by atoms with Gasteiger partial charge in [0.05, 0.1) is 12.5 Å². The number of carbonyl (C=O) groups is 3. The van der Waals surface area contributed by atoms with Crippen LogP contribution >= 0.6 is 0 Å². The van der Waals surface area contributed by atoms with Gasteiger partial charge in [-0.2, -0.15) is 0 Å². The Kier molecular flexibility index (Phi) is 4.59. The van der Waals surface area contributed by atoms with Gasteiger partial charge in [0.25, 0.3) is 0 Å². The highest BCUT2D eigenvalue weighted by atomic mass is 16.6. The lowest BCUT2D eigenvalue weighted by molar-refractivity contribution is -0.412. The monoisotopic (exact) mass is 511 g/mol. The molecule has 7 heteroatoms. The summed E-state index contributed by atoms with van der Waals surface area (Å²) in [6.45, 7) is 13.0. The molecule has 0 radical (unpaired) electrons. The van der Waals surface area contributed by atoms with Gasteiger partial charge in [-0.05, 0) is 62.4 Å². The third kappa shape index (κ3) is 2.46. The van der Waals surface area contributed by atoms with Gasteiger partial charge >= 0.3 is 5.97 Å². The van der Waals surface area contributed by atoms with Gasteiger partial charge in [0.2, 0.25) is 5.72 Å². The van der Waals surface area contributed by atoms with Gasteiger partial charge in [0, 0.05) is 35.1 Å². The van der Waals surface area contributed by atoms with Crippen molar-refractivity contribution >= 4 is 17.5 Å². The summed E-state index contributed by atoms with van der Waals surface area (Å²) in [5.74, 6) is -1.48. The maximum absolute atomic E-state index is 14.4. The van der Waals surface area contributed by atoms with E-state index in [2.05, 4.69) is 25.7 Å². The van der Waals surface area contributed by atoms with E-state index in [0.29, 0.717) is 25.3 Å². The highest BCUT2D eigenvalue weighted by Gasteiger charge is 2.86. The van der Waals surface area contributed by atoms with E-state index in [1.807, 2.05) is 20.8 Å². The molecule has 0 aromatic heterocycles. The summed E-state index contributed by atoms with van der Waals surface area (Å²) in [6.07, 6.45) is 4.72. The minimum atomic E-state index is -1.30. The lowest BCUT2D eigenvalue weighted by Crippen LogP contribution is -2.88. The van der Waals surface area contributed by atoms with E-state index in [1.54, 1.807) is 6.08 Å². The molecule has 6 fully saturated rings. The third-order valence-corrected chi connectivity index (χ3v) is 12.8. The largest absolute Gasteiger partial charge is 0.440 e. The van der Waals surface area contributed by atoms with Gasteiger partial charge in [-0.25, -0.2) is 4.90 Å². The van der Waals surface area contributed by atoms with Crippen LogP contribution in [0.25, 0.3) is 0 Å². The number of fused-ring (bicyclic) bond motifs is 5. The van der Waals surface area contributed by atoms with Crippen molar-refractivity contribution in [3.05, 3.63) is 11.6 Å². The van der Waals surface area contributed by atoms with Gasteiger partial charge in [-0.15, -0.1) is 0 Å². The van der Waals surface area contributed by atoms with Gasteiger partial charge in [-0.3, -0.25) is 14.4 Å². The molecule has 1 N–H and O–H groups in total. The van der Waals surface area contributed by atoms with E-state index in [-0.39, 0.29) is 36.0 Å². The number of nitrogens with zero attached hydrogens (tertiary/aromatic N) is 1. The standard InChI is InChI=1S/C30H41NO6/c1-15-10-19-22(20(32)11-15)17(3)23(34)24-26(4)13-21(33)37-30(25(35)28(19,24)6)27(26,5)7-8-29-12-16(2)9-18(36-29)14-31(29)30/h11,16-19,22,24-25,35H,7-10,12-14H2,1-6H3/t16-,17+,18-,19+,22-,24?,25-,26+,27-,28-,29-,30+/m0/s1. The molecular weight excluding hydrogens is 470 g/mol. The van der Waals surface area contributed by atoms with E-state index < -0.39 is 51.6 Å². The maximum atomic E-state index is 14.4. The van der Waals surface area contributed by atoms with E-state index >= 15 is 0 Å². The molecule has 0 amide bonds. The molecule has 37 heavy (non-hydrogen) atoms. The quantitative estimate of drug-likeness (QED) is 0.497. The molecule has 202 valence electrons. The van der Waals surface area contributed by atoms with Crippen LogP contribution in [0.2, 0.25) is 0 Å². The lowest BCUT2D eigenvalue weighted by atomic mass is 9.32. The Labute approximate surface area is 219 Å². The van der Waals surface area contributed by atoms with Crippen molar-refractivity contribution in [1.82, 2.24) is 4.90 Å². The number of rotatable bonds is 0. The zero-order valence-electron chi connectivity index (χ0n) is 23.0. The molecule has 12 atom stereocenters. The van der Waals surface area contributed by atoms with Crippen LogP contribution in [-0.4, -0.2) is 57.7 Å². The second-order valence-electron chi connectivity index (χ2n) is 14.6. The SMILES string of the molecule is CC1=CC(=O)[C@@H]2[C@@H](C1)[C@@]1(C)C(C(=O)[C@@H]2C)[C@@]2(C)CC(=O)O[C@@]3([C@H]1O)N1C[C@@H]4C[C@H](C)C[C@]1(CC[C@@]23C)O4. The van der Waals surface area contributed by atoms with Crippen molar-refractivity contribution in [3.8, 4) is 0 Å². The number of ether oxygens (including phenoxy) is 2. The summed E-state index contributed by atoms with van der Waals surface area (Å²) in [5, 5.41) is 12.8. The summed E-state index contributed by atoms with van der Waals surface area (Å²) >= 11 is 0. The number of hydrogen-bond acceptors (Lipinski definition) is 7. The van der Waals surface area contributed by atoms with E-state index in [4.69, 9.17) is 9.47 Å². The summed E-state index contributed by atoms with van der Waals surface area (Å²) in [5.41, 5.74) is -3.16. The molecule has 4 aliphatic heterocycles. The molecule has 2 saturated carbocycles. The van der Waals surface area contributed by atoms with E-state index in [0.717, 1.165) is 24.8 Å². The average molecular weight is 512 g/mol. The Bertz CT molecular complexity index is 1160. The molecule has 3 aliphatic carbocycles. The molecule has 0 aromatic rings. The van der Waals surface area contributed by atoms with E-state index in [1.165, 1.54) is 0 Å². The highest BCUT2D eigenvalue weighted by Crippen LogP contribution is 2.78. The fourth-order valence-corrected chi connectivity index (χ4v) is 11.3. The minimum absolute atomic E-state index is 0.00563. The number of esters is 1. The number of allylic oxidation sites excluding steroid dienone is 2. The zero-order valence-corrected chi connectivity index (χ0v) is 23.0. The number of ketones is 2. The number of aliphatic hydroxyl groups is 1. The van der Waals surface area contributed by atoms with E-state index in [9.17, 15) is 19.5 Å². The van der Waals surface area contributed by atoms with Crippen LogP contribution in [0.15, 0.2) is 11.6 Å². The number of Topliss-reactive ketones (excluding diaryl/α,β-unsaturated/α-hetero) is 1. The van der Waals surface area contributed by atoms with Crippen LogP contribution in [-0.2, 0) is 23.9 Å². The van der Waals surface area contributed by atoms with Crippen molar-refractivity contribution < 1.29 is 29.0 Å². The second kappa shape index (κ2) is 6.95. The Morgan fingerprint density at radius 2 is 1.84 bits per heavy atom. The molecule has 1 unspecified atom stereocenters. The smallest absolute Gasteiger partial charge is 0.308 e. The first-order valence-corrected chi connectivity index (χ1v) is 14.4. The fraction of sp³-hybridized carbons (Fsp3) is 0.833. The van der Waals surface area contributed by atoms with Crippen LogP contribution in [0.3, 0.4) is 0 Å². The average Bonchev–Trinajstić information content (AvgIpc) is 3.08. The Balaban J connectivity index is 1.49. The van der Waals surface area contributed by atoms with Crippen LogP contribution < -0.4 is 0 Å². The van der Waals surface area contributed by atoms with Crippen molar-refractivity contribution in [1.29, 1.82) is 0 Å². The summed E-state index contributed by atoms with van der Waals surface area (Å²) in [6, 6.07) is 0. The molecule has 7 aliphatic rings. The normalized spacial score (nSPS) is 58.5. The van der Waals surface area contributed by atoms with Crippen molar-refractivity contribution in [3.63, 3.8) is 0 Å². The van der Waals surface area contributed by atoms with Gasteiger partial charge in [0.15, 0.2) is 5.78 Å². The van der Waals surface area contributed by atoms with Crippen LogP contribution in [0.5, 0.6) is 0 Å². The predicted octanol–water partition coefficient (Wildman–Crippen LogP) is 3.63. The summed E-state index contributed by atoms with van der Waals surface area (Å²) < 4.78 is 13.2. The maximum Gasteiger partial charge on any atom is 0.308 e. The Morgan fingerprint density at radius 1 is 1.11 bits per heavy atom. The first-order chi connectivity index (χ1) is 17.2. The topological polar surface area (TPSA) is 93.1 Å². The number of carbonyl (C=O) groups excluding carboxylic acids is 3. The van der Waals surface area contributed by atoms with Crippen molar-refractivity contribution in [2.24, 2.45) is 45.8 Å².